The van der Waals surface area contributed by atoms with Crippen molar-refractivity contribution in [3.63, 3.8) is 0 Å². The molecule has 0 fully saturated rings. The maximum absolute atomic E-state index is 13.0. The molecule has 1 atom stereocenters. The predicted molar refractivity (Wildman–Crippen MR) is 123 cm³/mol. The number of hydrogen-bond donors (Lipinski definition) is 0. The van der Waals surface area contributed by atoms with E-state index < -0.39 is 5.60 Å². The largest absolute Gasteiger partial charge is 0.497 e. The van der Waals surface area contributed by atoms with Crippen molar-refractivity contribution in [3.8, 4) is 28.1 Å². The maximum Gasteiger partial charge on any atom is 0.410 e. The number of benzene rings is 1. The summed E-state index contributed by atoms with van der Waals surface area (Å²) in [7, 11) is 1.66. The molecule has 1 aliphatic rings. The van der Waals surface area contributed by atoms with Crippen LogP contribution in [-0.4, -0.2) is 44.5 Å². The monoisotopic (exact) mass is 434 g/mol. The Bertz CT molecular complexity index is 1080. The van der Waals surface area contributed by atoms with Crippen LogP contribution in [0.5, 0.6) is 5.75 Å². The minimum Gasteiger partial charge on any atom is -0.497 e. The molecular weight excluding hydrogens is 404 g/mol. The molecule has 1 aromatic carbocycles. The Balaban J connectivity index is 1.81. The van der Waals surface area contributed by atoms with E-state index in [4.69, 9.17) is 14.6 Å². The van der Waals surface area contributed by atoms with Gasteiger partial charge in [-0.15, -0.1) is 0 Å². The van der Waals surface area contributed by atoms with E-state index in [1.54, 1.807) is 19.5 Å². The van der Waals surface area contributed by atoms with E-state index in [0.717, 1.165) is 40.2 Å². The van der Waals surface area contributed by atoms with Crippen LogP contribution >= 0.6 is 0 Å². The highest BCUT2D eigenvalue weighted by Crippen LogP contribution is 2.38. The molecule has 0 spiro atoms. The van der Waals surface area contributed by atoms with Gasteiger partial charge in [0.15, 0.2) is 0 Å². The Morgan fingerprint density at radius 3 is 2.38 bits per heavy atom. The van der Waals surface area contributed by atoms with Crippen molar-refractivity contribution in [3.05, 3.63) is 54.5 Å². The molecule has 1 unspecified atom stereocenters. The van der Waals surface area contributed by atoms with Gasteiger partial charge >= 0.3 is 6.09 Å². The molecule has 3 heterocycles. The van der Waals surface area contributed by atoms with Crippen LogP contribution in [0, 0.1) is 0 Å². The Hall–Kier alpha value is -3.35. The zero-order valence-corrected chi connectivity index (χ0v) is 19.3. The predicted octanol–water partition coefficient (Wildman–Crippen LogP) is 5.15. The first-order valence-electron chi connectivity index (χ1n) is 10.9. The number of methoxy groups -OCH3 is 1. The Morgan fingerprint density at radius 1 is 1.09 bits per heavy atom. The molecule has 3 aromatic rings. The minimum absolute atomic E-state index is 0.0197. The Morgan fingerprint density at radius 2 is 1.78 bits per heavy atom. The van der Waals surface area contributed by atoms with Crippen LogP contribution in [-0.2, 0) is 17.8 Å². The first kappa shape index (κ1) is 21.9. The molecule has 0 bridgehead atoms. The smallest absolute Gasteiger partial charge is 0.410 e. The number of rotatable bonds is 4. The van der Waals surface area contributed by atoms with Gasteiger partial charge in [0.05, 0.1) is 31.9 Å². The van der Waals surface area contributed by atoms with Crippen molar-refractivity contribution in [1.82, 2.24) is 19.7 Å². The molecule has 0 aliphatic carbocycles. The number of carbonyl (C=O) groups is 1. The molecule has 2 aromatic heterocycles. The summed E-state index contributed by atoms with van der Waals surface area (Å²) >= 11 is 0. The van der Waals surface area contributed by atoms with Crippen molar-refractivity contribution < 1.29 is 14.3 Å². The van der Waals surface area contributed by atoms with Crippen LogP contribution in [0.2, 0.25) is 0 Å². The third-order valence-corrected chi connectivity index (χ3v) is 5.63. The van der Waals surface area contributed by atoms with Crippen LogP contribution in [0.3, 0.4) is 0 Å². The summed E-state index contributed by atoms with van der Waals surface area (Å²) < 4.78 is 13.1. The SMILES string of the molecule is CCC1Cn2nc(-c3ccc(OC)cc3)c(-c3ccncc3)c2CN1C(=O)OC(C)(C)C. The second-order valence-corrected chi connectivity index (χ2v) is 8.99. The standard InChI is InChI=1S/C25H30N4O3/c1-6-19-15-29-21(16-28(19)24(30)32-25(2,3)4)22(17-11-13-26-14-12-17)23(27-29)18-7-9-20(31-5)10-8-18/h7-14,19H,6,15-16H2,1-5H3. The van der Waals surface area contributed by atoms with Gasteiger partial charge in [0, 0.05) is 23.5 Å². The quantitative estimate of drug-likeness (QED) is 0.568. The summed E-state index contributed by atoms with van der Waals surface area (Å²) in [5.74, 6) is 0.797. The van der Waals surface area contributed by atoms with Crippen LogP contribution < -0.4 is 4.74 Å². The highest BCUT2D eigenvalue weighted by molar-refractivity contribution is 5.83. The molecular formula is C25H30N4O3. The number of fused-ring (bicyclic) bond motifs is 1. The van der Waals surface area contributed by atoms with Gasteiger partial charge in [-0.3, -0.25) is 14.6 Å². The molecule has 1 aliphatic heterocycles. The summed E-state index contributed by atoms with van der Waals surface area (Å²) in [6.07, 6.45) is 4.09. The Labute approximate surface area is 189 Å². The Kier molecular flexibility index (Phi) is 5.91. The summed E-state index contributed by atoms with van der Waals surface area (Å²) in [5.41, 5.74) is 4.37. The molecule has 4 rings (SSSR count). The molecule has 0 N–H and O–H groups in total. The van der Waals surface area contributed by atoms with Gasteiger partial charge in [-0.25, -0.2) is 4.79 Å². The van der Waals surface area contributed by atoms with E-state index in [2.05, 4.69) is 11.9 Å². The second-order valence-electron chi connectivity index (χ2n) is 8.99. The average Bonchev–Trinajstić information content (AvgIpc) is 3.16. The fraction of sp³-hybridized carbons (Fsp3) is 0.400. The maximum atomic E-state index is 13.0. The number of ether oxygens (including phenoxy) is 2. The highest BCUT2D eigenvalue weighted by atomic mass is 16.6. The van der Waals surface area contributed by atoms with Crippen LogP contribution in [0.25, 0.3) is 22.4 Å². The van der Waals surface area contributed by atoms with E-state index in [1.165, 1.54) is 0 Å². The van der Waals surface area contributed by atoms with E-state index in [1.807, 2.05) is 66.8 Å². The van der Waals surface area contributed by atoms with E-state index >= 15 is 0 Å². The first-order valence-corrected chi connectivity index (χ1v) is 10.9. The number of nitrogens with zero attached hydrogens (tertiary/aromatic N) is 4. The number of amides is 1. The number of pyridine rings is 1. The zero-order valence-electron chi connectivity index (χ0n) is 19.3. The molecule has 0 saturated heterocycles. The van der Waals surface area contributed by atoms with Gasteiger partial charge in [-0.1, -0.05) is 6.92 Å². The van der Waals surface area contributed by atoms with Crippen LogP contribution in [0.4, 0.5) is 4.79 Å². The van der Waals surface area contributed by atoms with Gasteiger partial charge in [-0.2, -0.15) is 5.10 Å². The molecule has 1 amide bonds. The third kappa shape index (κ3) is 4.33. The lowest BCUT2D eigenvalue weighted by atomic mass is 9.98. The van der Waals surface area contributed by atoms with Crippen LogP contribution in [0.15, 0.2) is 48.8 Å². The lowest BCUT2D eigenvalue weighted by Crippen LogP contribution is -2.48. The van der Waals surface area contributed by atoms with Gasteiger partial charge in [0.25, 0.3) is 0 Å². The minimum atomic E-state index is -0.546. The lowest BCUT2D eigenvalue weighted by molar-refractivity contribution is 0.00631. The number of aromatic nitrogens is 3. The van der Waals surface area contributed by atoms with Crippen LogP contribution in [0.1, 0.15) is 39.8 Å². The summed E-state index contributed by atoms with van der Waals surface area (Å²) in [5, 5.41) is 5.00. The average molecular weight is 435 g/mol. The topological polar surface area (TPSA) is 69.5 Å². The first-order chi connectivity index (χ1) is 15.3. The molecule has 7 nitrogen and oxygen atoms in total. The highest BCUT2D eigenvalue weighted by Gasteiger charge is 2.35. The van der Waals surface area contributed by atoms with E-state index in [9.17, 15) is 4.79 Å². The lowest BCUT2D eigenvalue weighted by Gasteiger charge is -2.37. The fourth-order valence-electron chi connectivity index (χ4n) is 4.05. The van der Waals surface area contributed by atoms with Crippen molar-refractivity contribution in [2.75, 3.05) is 7.11 Å². The van der Waals surface area contributed by atoms with Crippen molar-refractivity contribution in [2.45, 2.75) is 58.8 Å². The fourth-order valence-corrected chi connectivity index (χ4v) is 4.05. The van der Waals surface area contributed by atoms with E-state index in [0.29, 0.717) is 13.1 Å². The number of hydrogen-bond acceptors (Lipinski definition) is 5. The molecule has 0 saturated carbocycles. The molecule has 0 radical (unpaired) electrons. The summed E-state index contributed by atoms with van der Waals surface area (Å²) in [6.45, 7) is 8.83. The van der Waals surface area contributed by atoms with Gasteiger partial charge in [0.2, 0.25) is 0 Å². The van der Waals surface area contributed by atoms with Gasteiger partial charge in [-0.05, 0) is 69.2 Å². The van der Waals surface area contributed by atoms with Gasteiger partial charge in [0.1, 0.15) is 17.0 Å². The van der Waals surface area contributed by atoms with Crippen molar-refractivity contribution in [1.29, 1.82) is 0 Å². The summed E-state index contributed by atoms with van der Waals surface area (Å²) in [4.78, 5) is 19.0. The molecule has 32 heavy (non-hydrogen) atoms. The van der Waals surface area contributed by atoms with Crippen molar-refractivity contribution in [2.24, 2.45) is 0 Å². The summed E-state index contributed by atoms with van der Waals surface area (Å²) in [6, 6.07) is 11.9. The second kappa shape index (κ2) is 8.65. The number of carbonyl (C=O) groups excluding carboxylic acids is 1. The van der Waals surface area contributed by atoms with E-state index in [-0.39, 0.29) is 12.1 Å². The van der Waals surface area contributed by atoms with Crippen molar-refractivity contribution >= 4 is 6.09 Å². The zero-order chi connectivity index (χ0) is 22.9. The molecule has 168 valence electrons. The third-order valence-electron chi connectivity index (χ3n) is 5.63. The molecule has 7 heteroatoms. The van der Waals surface area contributed by atoms with Gasteiger partial charge < -0.3 is 9.47 Å². The normalized spacial score (nSPS) is 15.9.